The van der Waals surface area contributed by atoms with Crippen molar-refractivity contribution in [2.24, 2.45) is 5.73 Å². The molecule has 1 rings (SSSR count). The first-order valence-corrected chi connectivity index (χ1v) is 5.20. The minimum atomic E-state index is -2.24. The maximum atomic E-state index is 11.1. The van der Waals surface area contributed by atoms with Crippen molar-refractivity contribution in [2.75, 3.05) is 7.11 Å². The molecule has 0 saturated carbocycles. The second kappa shape index (κ2) is 5.01. The van der Waals surface area contributed by atoms with Crippen LogP contribution in [0, 0.1) is 0 Å². The zero-order valence-corrected chi connectivity index (χ0v) is 10.00. The van der Waals surface area contributed by atoms with Crippen LogP contribution in [0.4, 0.5) is 0 Å². The molecule has 2 unspecified atom stereocenters. The summed E-state index contributed by atoms with van der Waals surface area (Å²) < 4.78 is 4.66. The molecule has 1 aromatic carbocycles. The predicted molar refractivity (Wildman–Crippen MR) is 61.2 cm³/mol. The number of nitrogens with two attached hydrogens (primary N) is 1. The summed E-state index contributed by atoms with van der Waals surface area (Å²) in [6, 6.07) is 6.33. The number of carbonyl (C=O) groups is 1. The number of ether oxygens (including phenoxy) is 1. The molecular weight excluding hydrogens is 253 g/mol. The molecular formula is C10H11Cl2NO3. The molecule has 6 heteroatoms. The van der Waals surface area contributed by atoms with Gasteiger partial charge in [0.05, 0.1) is 0 Å². The maximum Gasteiger partial charge on any atom is 0.279 e. The first kappa shape index (κ1) is 13.3. The van der Waals surface area contributed by atoms with Gasteiger partial charge in [-0.3, -0.25) is 4.79 Å². The van der Waals surface area contributed by atoms with Gasteiger partial charge in [0, 0.05) is 12.1 Å². The minimum Gasteiger partial charge on any atom is -0.365 e. The third kappa shape index (κ3) is 2.47. The highest BCUT2D eigenvalue weighted by atomic mass is 35.5. The van der Waals surface area contributed by atoms with Crippen LogP contribution >= 0.6 is 23.2 Å². The van der Waals surface area contributed by atoms with Crippen LogP contribution in [0.15, 0.2) is 24.3 Å². The molecule has 88 valence electrons. The fourth-order valence-corrected chi connectivity index (χ4v) is 1.65. The van der Waals surface area contributed by atoms with Crippen LogP contribution in [0.25, 0.3) is 0 Å². The number of halogens is 2. The standard InChI is InChI=1S/C10H11Cl2NO3/c1-16-10(15,9(13)14)8(12)6-2-4-7(11)5-3-6/h2-5,8,15H,1H3,(H2,13,14). The lowest BCUT2D eigenvalue weighted by Crippen LogP contribution is -2.48. The van der Waals surface area contributed by atoms with Crippen LogP contribution in [-0.2, 0) is 9.53 Å². The second-order valence-electron chi connectivity index (χ2n) is 3.18. The summed E-state index contributed by atoms with van der Waals surface area (Å²) >= 11 is 11.6. The molecule has 0 aromatic heterocycles. The first-order chi connectivity index (χ1) is 7.41. The van der Waals surface area contributed by atoms with E-state index in [1.165, 1.54) is 0 Å². The normalized spacial score (nSPS) is 16.5. The van der Waals surface area contributed by atoms with Crippen LogP contribution < -0.4 is 5.73 Å². The van der Waals surface area contributed by atoms with Gasteiger partial charge < -0.3 is 15.6 Å². The Kier molecular flexibility index (Phi) is 4.15. The van der Waals surface area contributed by atoms with Crippen molar-refractivity contribution in [2.45, 2.75) is 11.2 Å². The summed E-state index contributed by atoms with van der Waals surface area (Å²) in [5.41, 5.74) is 5.51. The van der Waals surface area contributed by atoms with Gasteiger partial charge in [0.25, 0.3) is 11.7 Å². The van der Waals surface area contributed by atoms with Crippen LogP contribution in [-0.4, -0.2) is 23.9 Å². The largest absolute Gasteiger partial charge is 0.365 e. The quantitative estimate of drug-likeness (QED) is 0.638. The number of methoxy groups -OCH3 is 1. The lowest BCUT2D eigenvalue weighted by molar-refractivity contribution is -0.195. The van der Waals surface area contributed by atoms with E-state index in [-0.39, 0.29) is 0 Å². The number of aliphatic hydroxyl groups is 1. The van der Waals surface area contributed by atoms with E-state index in [0.717, 1.165) is 7.11 Å². The maximum absolute atomic E-state index is 11.1. The van der Waals surface area contributed by atoms with E-state index in [1.807, 2.05) is 0 Å². The number of amides is 1. The highest BCUT2D eigenvalue weighted by molar-refractivity contribution is 6.30. The van der Waals surface area contributed by atoms with Crippen LogP contribution in [0.2, 0.25) is 5.02 Å². The van der Waals surface area contributed by atoms with Crippen molar-refractivity contribution >= 4 is 29.1 Å². The Morgan fingerprint density at radius 3 is 2.38 bits per heavy atom. The molecule has 0 bridgehead atoms. The molecule has 0 aliphatic heterocycles. The van der Waals surface area contributed by atoms with E-state index < -0.39 is 17.1 Å². The van der Waals surface area contributed by atoms with Crippen molar-refractivity contribution in [3.63, 3.8) is 0 Å². The Balaban J connectivity index is 3.04. The zero-order valence-electron chi connectivity index (χ0n) is 8.48. The van der Waals surface area contributed by atoms with Gasteiger partial charge in [-0.25, -0.2) is 0 Å². The molecule has 2 atom stereocenters. The molecule has 1 aromatic rings. The molecule has 0 fully saturated rings. The second-order valence-corrected chi connectivity index (χ2v) is 4.05. The van der Waals surface area contributed by atoms with Crippen molar-refractivity contribution in [3.8, 4) is 0 Å². The number of primary amides is 1. The van der Waals surface area contributed by atoms with Crippen molar-refractivity contribution in [1.29, 1.82) is 0 Å². The number of hydrogen-bond donors (Lipinski definition) is 2. The summed E-state index contributed by atoms with van der Waals surface area (Å²) in [5.74, 6) is -3.29. The van der Waals surface area contributed by atoms with Crippen LogP contribution in [0.1, 0.15) is 10.9 Å². The summed E-state index contributed by atoms with van der Waals surface area (Å²) in [7, 11) is 1.15. The number of hydrogen-bond acceptors (Lipinski definition) is 3. The molecule has 0 radical (unpaired) electrons. The van der Waals surface area contributed by atoms with Gasteiger partial charge in [-0.1, -0.05) is 23.7 Å². The highest BCUT2D eigenvalue weighted by Crippen LogP contribution is 2.33. The van der Waals surface area contributed by atoms with Gasteiger partial charge in [0.1, 0.15) is 5.38 Å². The molecule has 0 aliphatic rings. The lowest BCUT2D eigenvalue weighted by atomic mass is 10.0. The lowest BCUT2D eigenvalue weighted by Gasteiger charge is -2.27. The highest BCUT2D eigenvalue weighted by Gasteiger charge is 2.43. The third-order valence-corrected chi connectivity index (χ3v) is 2.97. The third-order valence-electron chi connectivity index (χ3n) is 2.17. The first-order valence-electron chi connectivity index (χ1n) is 4.38. The van der Waals surface area contributed by atoms with Gasteiger partial charge in [-0.2, -0.15) is 0 Å². The monoisotopic (exact) mass is 263 g/mol. The zero-order chi connectivity index (χ0) is 12.3. The smallest absolute Gasteiger partial charge is 0.279 e. The van der Waals surface area contributed by atoms with E-state index in [0.29, 0.717) is 10.6 Å². The molecule has 0 saturated heterocycles. The molecule has 0 aliphatic carbocycles. The molecule has 4 nitrogen and oxygen atoms in total. The Labute approximate surface area is 103 Å². The summed E-state index contributed by atoms with van der Waals surface area (Å²) in [6.07, 6.45) is 0. The van der Waals surface area contributed by atoms with Gasteiger partial charge in [0.15, 0.2) is 0 Å². The fourth-order valence-electron chi connectivity index (χ4n) is 1.19. The van der Waals surface area contributed by atoms with E-state index in [4.69, 9.17) is 28.9 Å². The van der Waals surface area contributed by atoms with E-state index in [9.17, 15) is 9.90 Å². The Morgan fingerprint density at radius 1 is 1.50 bits per heavy atom. The van der Waals surface area contributed by atoms with E-state index in [2.05, 4.69) is 4.74 Å². The molecule has 3 N–H and O–H groups in total. The molecule has 0 heterocycles. The Bertz CT molecular complexity index is 382. The number of alkyl halides is 1. The van der Waals surface area contributed by atoms with E-state index in [1.54, 1.807) is 24.3 Å². The molecule has 1 amide bonds. The van der Waals surface area contributed by atoms with Gasteiger partial charge in [-0.05, 0) is 17.7 Å². The molecule has 16 heavy (non-hydrogen) atoms. The van der Waals surface area contributed by atoms with Gasteiger partial charge in [-0.15, -0.1) is 11.6 Å². The average molecular weight is 264 g/mol. The molecule has 0 spiro atoms. The predicted octanol–water partition coefficient (Wildman–Crippen LogP) is 1.44. The SMILES string of the molecule is COC(O)(C(N)=O)C(Cl)c1ccc(Cl)cc1. The summed E-state index contributed by atoms with van der Waals surface area (Å²) in [6.45, 7) is 0. The Hall–Kier alpha value is -0.810. The fraction of sp³-hybridized carbons (Fsp3) is 0.300. The van der Waals surface area contributed by atoms with Crippen molar-refractivity contribution in [1.82, 2.24) is 0 Å². The van der Waals surface area contributed by atoms with Crippen LogP contribution in [0.5, 0.6) is 0 Å². The Morgan fingerprint density at radius 2 is 2.00 bits per heavy atom. The topological polar surface area (TPSA) is 72.6 Å². The van der Waals surface area contributed by atoms with E-state index >= 15 is 0 Å². The number of benzene rings is 1. The number of rotatable bonds is 4. The van der Waals surface area contributed by atoms with Crippen molar-refractivity contribution in [3.05, 3.63) is 34.9 Å². The van der Waals surface area contributed by atoms with Gasteiger partial charge >= 0.3 is 0 Å². The summed E-state index contributed by atoms with van der Waals surface area (Å²) in [4.78, 5) is 11.1. The average Bonchev–Trinajstić information content (AvgIpc) is 2.27. The van der Waals surface area contributed by atoms with Crippen LogP contribution in [0.3, 0.4) is 0 Å². The van der Waals surface area contributed by atoms with Crippen molar-refractivity contribution < 1.29 is 14.6 Å². The van der Waals surface area contributed by atoms with Gasteiger partial charge in [0.2, 0.25) is 0 Å². The number of carbonyl (C=O) groups excluding carboxylic acids is 1. The summed E-state index contributed by atoms with van der Waals surface area (Å²) in [5, 5.41) is 9.24. The minimum absolute atomic E-state index is 0.481.